The van der Waals surface area contributed by atoms with Crippen LogP contribution in [0.4, 0.5) is 0 Å². The van der Waals surface area contributed by atoms with Gasteiger partial charge in [0.05, 0.1) is 11.1 Å². The molecule has 0 aliphatic carbocycles. The number of fused-ring (bicyclic) bond motifs is 1. The van der Waals surface area contributed by atoms with Crippen LogP contribution in [0.3, 0.4) is 0 Å². The number of rotatable bonds is 6. The van der Waals surface area contributed by atoms with Crippen LogP contribution in [0.25, 0.3) is 10.9 Å². The van der Waals surface area contributed by atoms with Crippen molar-refractivity contribution in [1.82, 2.24) is 4.57 Å². The van der Waals surface area contributed by atoms with Crippen molar-refractivity contribution < 1.29 is 15.0 Å². The molecule has 0 spiro atoms. The van der Waals surface area contributed by atoms with Crippen LogP contribution in [0.1, 0.15) is 47.4 Å². The largest absolute Gasteiger partial charge is 0.478 e. The third-order valence-corrected chi connectivity index (χ3v) is 4.15. The Hall–Kier alpha value is -1.81. The standard InChI is InChI=1S/C17H23NO3/c1-4-12-9-13(17(20)21)10-15-14(7-6-8-19)11(3)18(5-2)16(12)15/h9-10,19H,4-8H2,1-3H3,(H,20,21). The number of aryl methyl sites for hydroxylation is 3. The summed E-state index contributed by atoms with van der Waals surface area (Å²) >= 11 is 0. The molecular weight excluding hydrogens is 266 g/mol. The Morgan fingerprint density at radius 3 is 2.52 bits per heavy atom. The van der Waals surface area contributed by atoms with E-state index in [4.69, 9.17) is 5.11 Å². The lowest BCUT2D eigenvalue weighted by atomic mass is 10.00. The van der Waals surface area contributed by atoms with Gasteiger partial charge >= 0.3 is 5.97 Å². The van der Waals surface area contributed by atoms with Crippen LogP contribution in [0, 0.1) is 6.92 Å². The number of aromatic nitrogens is 1. The fourth-order valence-corrected chi connectivity index (χ4v) is 3.13. The van der Waals surface area contributed by atoms with Crippen LogP contribution >= 0.6 is 0 Å². The third-order valence-electron chi connectivity index (χ3n) is 4.15. The van der Waals surface area contributed by atoms with E-state index in [1.807, 2.05) is 0 Å². The molecule has 114 valence electrons. The minimum absolute atomic E-state index is 0.150. The minimum atomic E-state index is -0.887. The number of aromatic carboxylic acids is 1. The van der Waals surface area contributed by atoms with Gasteiger partial charge in [0.2, 0.25) is 0 Å². The molecule has 1 aromatic carbocycles. The highest BCUT2D eigenvalue weighted by atomic mass is 16.4. The smallest absolute Gasteiger partial charge is 0.335 e. The number of aliphatic hydroxyl groups excluding tert-OH is 1. The summed E-state index contributed by atoms with van der Waals surface area (Å²) in [6, 6.07) is 3.56. The summed E-state index contributed by atoms with van der Waals surface area (Å²) in [7, 11) is 0. The van der Waals surface area contributed by atoms with Crippen LogP contribution in [-0.2, 0) is 19.4 Å². The molecule has 0 saturated carbocycles. The Labute approximate surface area is 125 Å². The quantitative estimate of drug-likeness (QED) is 0.858. The highest BCUT2D eigenvalue weighted by Crippen LogP contribution is 2.31. The topological polar surface area (TPSA) is 62.5 Å². The lowest BCUT2D eigenvalue weighted by Gasteiger charge is -2.09. The molecule has 1 heterocycles. The number of aliphatic hydroxyl groups is 1. The van der Waals surface area contributed by atoms with Gasteiger partial charge in [-0.25, -0.2) is 4.79 Å². The van der Waals surface area contributed by atoms with Crippen LogP contribution in [-0.4, -0.2) is 27.4 Å². The molecule has 0 aliphatic rings. The van der Waals surface area contributed by atoms with E-state index in [1.165, 1.54) is 11.3 Å². The van der Waals surface area contributed by atoms with Gasteiger partial charge in [-0.2, -0.15) is 0 Å². The van der Waals surface area contributed by atoms with Gasteiger partial charge in [0, 0.05) is 24.2 Å². The van der Waals surface area contributed by atoms with Crippen molar-refractivity contribution in [2.75, 3.05) is 6.61 Å². The van der Waals surface area contributed by atoms with Crippen molar-refractivity contribution in [1.29, 1.82) is 0 Å². The van der Waals surface area contributed by atoms with Gasteiger partial charge in [0.1, 0.15) is 0 Å². The average molecular weight is 289 g/mol. The van der Waals surface area contributed by atoms with Crippen molar-refractivity contribution in [3.05, 3.63) is 34.5 Å². The summed E-state index contributed by atoms with van der Waals surface area (Å²) in [4.78, 5) is 11.4. The van der Waals surface area contributed by atoms with E-state index in [9.17, 15) is 9.90 Å². The molecule has 2 N–H and O–H groups in total. The second-order valence-corrected chi connectivity index (χ2v) is 5.33. The maximum atomic E-state index is 11.4. The van der Waals surface area contributed by atoms with Crippen LogP contribution in [0.5, 0.6) is 0 Å². The van der Waals surface area contributed by atoms with E-state index in [-0.39, 0.29) is 6.61 Å². The van der Waals surface area contributed by atoms with Gasteiger partial charge in [-0.15, -0.1) is 0 Å². The first-order valence-corrected chi connectivity index (χ1v) is 7.53. The molecule has 2 rings (SSSR count). The number of hydrogen-bond acceptors (Lipinski definition) is 2. The summed E-state index contributed by atoms with van der Waals surface area (Å²) in [5, 5.41) is 19.4. The normalized spacial score (nSPS) is 11.2. The molecule has 0 saturated heterocycles. The number of carboxylic acid groups (broad SMARTS) is 1. The van der Waals surface area contributed by atoms with E-state index in [0.717, 1.165) is 35.9 Å². The molecule has 0 bridgehead atoms. The zero-order chi connectivity index (χ0) is 15.6. The molecule has 4 heteroatoms. The predicted octanol–water partition coefficient (Wildman–Crippen LogP) is 3.16. The molecule has 0 unspecified atom stereocenters. The van der Waals surface area contributed by atoms with Gasteiger partial charge in [0.25, 0.3) is 0 Å². The Morgan fingerprint density at radius 2 is 2.00 bits per heavy atom. The molecule has 4 nitrogen and oxygen atoms in total. The highest BCUT2D eigenvalue weighted by molar-refractivity contribution is 5.97. The fraction of sp³-hybridized carbons (Fsp3) is 0.471. The maximum absolute atomic E-state index is 11.4. The highest BCUT2D eigenvalue weighted by Gasteiger charge is 2.18. The first-order valence-electron chi connectivity index (χ1n) is 7.53. The zero-order valence-electron chi connectivity index (χ0n) is 12.9. The summed E-state index contributed by atoms with van der Waals surface area (Å²) in [6.07, 6.45) is 2.28. The van der Waals surface area contributed by atoms with E-state index in [0.29, 0.717) is 12.0 Å². The van der Waals surface area contributed by atoms with Gasteiger partial charge in [-0.1, -0.05) is 6.92 Å². The Bertz CT molecular complexity index is 670. The van der Waals surface area contributed by atoms with Crippen molar-refractivity contribution in [3.63, 3.8) is 0 Å². The Balaban J connectivity index is 2.79. The van der Waals surface area contributed by atoms with Crippen molar-refractivity contribution in [2.45, 2.75) is 46.6 Å². The van der Waals surface area contributed by atoms with E-state index in [1.54, 1.807) is 12.1 Å². The van der Waals surface area contributed by atoms with Crippen LogP contribution in [0.2, 0.25) is 0 Å². The molecule has 0 amide bonds. The van der Waals surface area contributed by atoms with Gasteiger partial charge in [-0.3, -0.25) is 0 Å². The minimum Gasteiger partial charge on any atom is -0.478 e. The molecule has 0 radical (unpaired) electrons. The monoisotopic (exact) mass is 289 g/mol. The summed E-state index contributed by atoms with van der Waals surface area (Å²) in [5.74, 6) is -0.887. The third kappa shape index (κ3) is 2.68. The lowest BCUT2D eigenvalue weighted by molar-refractivity contribution is 0.0697. The first-order chi connectivity index (χ1) is 10.0. The fourth-order valence-electron chi connectivity index (χ4n) is 3.13. The number of carboxylic acids is 1. The number of carbonyl (C=O) groups is 1. The molecule has 2 aromatic rings. The van der Waals surface area contributed by atoms with E-state index >= 15 is 0 Å². The first kappa shape index (κ1) is 15.6. The summed E-state index contributed by atoms with van der Waals surface area (Å²) in [6.45, 7) is 7.25. The van der Waals surface area contributed by atoms with Crippen molar-refractivity contribution in [2.24, 2.45) is 0 Å². The van der Waals surface area contributed by atoms with E-state index in [2.05, 4.69) is 25.3 Å². The number of hydrogen-bond donors (Lipinski definition) is 2. The summed E-state index contributed by atoms with van der Waals surface area (Å²) < 4.78 is 2.26. The van der Waals surface area contributed by atoms with Crippen LogP contribution < -0.4 is 0 Å². The SMILES string of the molecule is CCc1cc(C(=O)O)cc2c(CCCO)c(C)n(CC)c12. The number of benzene rings is 1. The predicted molar refractivity (Wildman–Crippen MR) is 84.1 cm³/mol. The van der Waals surface area contributed by atoms with Crippen molar-refractivity contribution >= 4 is 16.9 Å². The molecule has 1 aromatic heterocycles. The van der Waals surface area contributed by atoms with Gasteiger partial charge < -0.3 is 14.8 Å². The number of nitrogens with zero attached hydrogens (tertiary/aromatic N) is 1. The molecule has 0 atom stereocenters. The molecule has 0 aliphatic heterocycles. The van der Waals surface area contributed by atoms with Gasteiger partial charge in [-0.05, 0) is 56.4 Å². The molecule has 0 fully saturated rings. The van der Waals surface area contributed by atoms with Gasteiger partial charge in [0.15, 0.2) is 0 Å². The Morgan fingerprint density at radius 1 is 1.29 bits per heavy atom. The summed E-state index contributed by atoms with van der Waals surface area (Å²) in [5.41, 5.74) is 4.91. The lowest BCUT2D eigenvalue weighted by Crippen LogP contribution is -2.02. The average Bonchev–Trinajstić information content (AvgIpc) is 2.75. The Kier molecular flexibility index (Phi) is 4.68. The molecular formula is C17H23NO3. The van der Waals surface area contributed by atoms with E-state index < -0.39 is 5.97 Å². The van der Waals surface area contributed by atoms with Crippen molar-refractivity contribution in [3.8, 4) is 0 Å². The zero-order valence-corrected chi connectivity index (χ0v) is 12.9. The maximum Gasteiger partial charge on any atom is 0.335 e. The molecule has 21 heavy (non-hydrogen) atoms. The van der Waals surface area contributed by atoms with Crippen LogP contribution in [0.15, 0.2) is 12.1 Å². The second-order valence-electron chi connectivity index (χ2n) is 5.33. The second kappa shape index (κ2) is 6.31.